The summed E-state index contributed by atoms with van der Waals surface area (Å²) in [5, 5.41) is 2.91. The van der Waals surface area contributed by atoms with Crippen LogP contribution >= 0.6 is 11.6 Å². The maximum Gasteiger partial charge on any atom is 0.401 e. The molecule has 1 rings (SSSR count). The van der Waals surface area contributed by atoms with Gasteiger partial charge in [0, 0.05) is 5.02 Å². The largest absolute Gasteiger partial charge is 0.401 e. The summed E-state index contributed by atoms with van der Waals surface area (Å²) in [5.74, 6) is 0. The average Bonchev–Trinajstić information content (AvgIpc) is 2.13. The lowest BCUT2D eigenvalue weighted by Gasteiger charge is -2.08. The number of hydrogen-bond donors (Lipinski definition) is 1. The van der Waals surface area contributed by atoms with E-state index in [0.717, 1.165) is 5.56 Å². The van der Waals surface area contributed by atoms with Crippen molar-refractivity contribution in [2.24, 2.45) is 0 Å². The lowest BCUT2D eigenvalue weighted by molar-refractivity contribution is -0.124. The van der Waals surface area contributed by atoms with Gasteiger partial charge in [0.15, 0.2) is 0 Å². The molecule has 1 aromatic carbocycles. The number of halogens is 4. The quantitative estimate of drug-likeness (QED) is 0.794. The number of benzene rings is 1. The Morgan fingerprint density at radius 3 is 2.47 bits per heavy atom. The van der Waals surface area contributed by atoms with Crippen molar-refractivity contribution in [3.8, 4) is 0 Å². The van der Waals surface area contributed by atoms with Gasteiger partial charge < -0.3 is 5.32 Å². The molecule has 0 atom stereocenters. The molecule has 0 unspecified atom stereocenters. The average molecular weight is 238 g/mol. The van der Waals surface area contributed by atoms with E-state index < -0.39 is 12.7 Å². The van der Waals surface area contributed by atoms with Crippen LogP contribution in [-0.4, -0.2) is 19.3 Å². The second-order valence-corrected chi connectivity index (χ2v) is 3.54. The summed E-state index contributed by atoms with van der Waals surface area (Å²) < 4.78 is 35.3. The van der Waals surface area contributed by atoms with Gasteiger partial charge in [0.1, 0.15) is 0 Å². The molecule has 0 aliphatic carbocycles. The third kappa shape index (κ3) is 5.04. The molecule has 0 saturated heterocycles. The van der Waals surface area contributed by atoms with Gasteiger partial charge in [-0.15, -0.1) is 0 Å². The number of rotatable bonds is 4. The topological polar surface area (TPSA) is 12.0 Å². The van der Waals surface area contributed by atoms with Gasteiger partial charge in [0.25, 0.3) is 0 Å². The fourth-order valence-electron chi connectivity index (χ4n) is 1.15. The number of nitrogens with one attached hydrogen (secondary N) is 1. The molecule has 84 valence electrons. The molecule has 1 aromatic rings. The van der Waals surface area contributed by atoms with Crippen molar-refractivity contribution in [1.29, 1.82) is 0 Å². The Morgan fingerprint density at radius 2 is 1.87 bits per heavy atom. The van der Waals surface area contributed by atoms with Crippen LogP contribution in [0.2, 0.25) is 5.02 Å². The lowest BCUT2D eigenvalue weighted by atomic mass is 10.1. The van der Waals surface area contributed by atoms with Crippen LogP contribution in [0.5, 0.6) is 0 Å². The second-order valence-electron chi connectivity index (χ2n) is 3.13. The molecule has 0 amide bonds. The highest BCUT2D eigenvalue weighted by Crippen LogP contribution is 2.15. The summed E-state index contributed by atoms with van der Waals surface area (Å²) in [6.07, 6.45) is -3.66. The molecular formula is C10H11ClF3N. The first-order chi connectivity index (χ1) is 6.99. The molecule has 1 N–H and O–H groups in total. The SMILES string of the molecule is FC(F)(F)CNCCc1ccccc1Cl. The summed E-state index contributed by atoms with van der Waals surface area (Å²) in [7, 11) is 0. The Hall–Kier alpha value is -0.740. The molecule has 0 aliphatic heterocycles. The molecule has 0 heterocycles. The van der Waals surface area contributed by atoms with Gasteiger partial charge in [-0.05, 0) is 24.6 Å². The predicted molar refractivity (Wildman–Crippen MR) is 54.1 cm³/mol. The molecule has 0 bridgehead atoms. The van der Waals surface area contributed by atoms with E-state index in [9.17, 15) is 13.2 Å². The molecule has 15 heavy (non-hydrogen) atoms. The van der Waals surface area contributed by atoms with Gasteiger partial charge in [0.05, 0.1) is 6.54 Å². The number of hydrogen-bond acceptors (Lipinski definition) is 1. The van der Waals surface area contributed by atoms with E-state index in [1.807, 2.05) is 6.07 Å². The molecule has 5 heteroatoms. The van der Waals surface area contributed by atoms with Crippen molar-refractivity contribution in [1.82, 2.24) is 5.32 Å². The Balaban J connectivity index is 2.30. The fourth-order valence-corrected chi connectivity index (χ4v) is 1.38. The molecule has 0 spiro atoms. The van der Waals surface area contributed by atoms with Gasteiger partial charge in [-0.1, -0.05) is 29.8 Å². The zero-order valence-corrected chi connectivity index (χ0v) is 8.70. The van der Waals surface area contributed by atoms with Crippen molar-refractivity contribution in [2.75, 3.05) is 13.1 Å². The van der Waals surface area contributed by atoms with Crippen LogP contribution in [0.3, 0.4) is 0 Å². The van der Waals surface area contributed by atoms with E-state index in [4.69, 9.17) is 11.6 Å². The third-order valence-corrected chi connectivity index (χ3v) is 2.22. The monoisotopic (exact) mass is 237 g/mol. The van der Waals surface area contributed by atoms with Crippen molar-refractivity contribution in [2.45, 2.75) is 12.6 Å². The van der Waals surface area contributed by atoms with E-state index in [-0.39, 0.29) is 6.54 Å². The van der Waals surface area contributed by atoms with Crippen LogP contribution in [0.1, 0.15) is 5.56 Å². The van der Waals surface area contributed by atoms with Gasteiger partial charge in [-0.25, -0.2) is 0 Å². The minimum absolute atomic E-state index is 0.267. The van der Waals surface area contributed by atoms with Crippen molar-refractivity contribution >= 4 is 11.6 Å². The molecule has 0 saturated carbocycles. The van der Waals surface area contributed by atoms with Crippen LogP contribution in [0.15, 0.2) is 24.3 Å². The summed E-state index contributed by atoms with van der Waals surface area (Å²) >= 11 is 5.84. The van der Waals surface area contributed by atoms with Gasteiger partial charge in [0.2, 0.25) is 0 Å². The highest BCUT2D eigenvalue weighted by molar-refractivity contribution is 6.31. The number of alkyl halides is 3. The Labute approximate surface area is 91.2 Å². The highest BCUT2D eigenvalue weighted by Gasteiger charge is 2.25. The van der Waals surface area contributed by atoms with Crippen molar-refractivity contribution in [3.05, 3.63) is 34.9 Å². The summed E-state index contributed by atoms with van der Waals surface area (Å²) in [6, 6.07) is 7.12. The van der Waals surface area contributed by atoms with Crippen LogP contribution in [-0.2, 0) is 6.42 Å². The van der Waals surface area contributed by atoms with E-state index >= 15 is 0 Å². The molecule has 0 aromatic heterocycles. The first-order valence-corrected chi connectivity index (χ1v) is 4.88. The maximum absolute atomic E-state index is 11.8. The Bertz CT molecular complexity index is 312. The fraction of sp³-hybridized carbons (Fsp3) is 0.400. The highest BCUT2D eigenvalue weighted by atomic mass is 35.5. The summed E-state index contributed by atoms with van der Waals surface area (Å²) in [6.45, 7) is -0.694. The first kappa shape index (κ1) is 12.3. The smallest absolute Gasteiger partial charge is 0.308 e. The van der Waals surface area contributed by atoms with Gasteiger partial charge in [-0.3, -0.25) is 0 Å². The van der Waals surface area contributed by atoms with E-state index in [0.29, 0.717) is 11.4 Å². The van der Waals surface area contributed by atoms with Crippen molar-refractivity contribution < 1.29 is 13.2 Å². The Morgan fingerprint density at radius 1 is 1.20 bits per heavy atom. The maximum atomic E-state index is 11.8. The minimum atomic E-state index is -4.15. The predicted octanol–water partition coefficient (Wildman–Crippen LogP) is 3.03. The third-order valence-electron chi connectivity index (χ3n) is 1.85. The molecular weight excluding hydrogens is 227 g/mol. The first-order valence-electron chi connectivity index (χ1n) is 4.50. The molecule has 1 nitrogen and oxygen atoms in total. The van der Waals surface area contributed by atoms with E-state index in [1.54, 1.807) is 18.2 Å². The van der Waals surface area contributed by atoms with Gasteiger partial charge >= 0.3 is 6.18 Å². The standard InChI is InChI=1S/C10H11ClF3N/c11-9-4-2-1-3-8(9)5-6-15-7-10(12,13)14/h1-4,15H,5-7H2. The Kier molecular flexibility index (Phi) is 4.42. The van der Waals surface area contributed by atoms with Crippen molar-refractivity contribution in [3.63, 3.8) is 0 Å². The van der Waals surface area contributed by atoms with Crippen LogP contribution in [0.25, 0.3) is 0 Å². The molecule has 0 aliphatic rings. The minimum Gasteiger partial charge on any atom is -0.308 e. The molecule has 0 fully saturated rings. The van der Waals surface area contributed by atoms with E-state index in [2.05, 4.69) is 5.32 Å². The lowest BCUT2D eigenvalue weighted by Crippen LogP contribution is -2.30. The van der Waals surface area contributed by atoms with Crippen LogP contribution in [0, 0.1) is 0 Å². The van der Waals surface area contributed by atoms with E-state index in [1.165, 1.54) is 0 Å². The zero-order valence-electron chi connectivity index (χ0n) is 7.94. The zero-order chi connectivity index (χ0) is 11.3. The summed E-state index contributed by atoms with van der Waals surface area (Å²) in [5.41, 5.74) is 0.855. The normalized spacial score (nSPS) is 11.7. The summed E-state index contributed by atoms with van der Waals surface area (Å²) in [4.78, 5) is 0. The van der Waals surface area contributed by atoms with Crippen LogP contribution in [0.4, 0.5) is 13.2 Å². The second kappa shape index (κ2) is 5.37. The molecule has 0 radical (unpaired) electrons. The van der Waals surface area contributed by atoms with Crippen LogP contribution < -0.4 is 5.32 Å². The van der Waals surface area contributed by atoms with Gasteiger partial charge in [-0.2, -0.15) is 13.2 Å².